The van der Waals surface area contributed by atoms with Crippen LogP contribution in [0.4, 0.5) is 34.1 Å². The summed E-state index contributed by atoms with van der Waals surface area (Å²) in [4.78, 5) is 7.35. The zero-order valence-electron chi connectivity index (χ0n) is 36.2. The molecule has 0 saturated carbocycles. The molecule has 308 valence electrons. The summed E-state index contributed by atoms with van der Waals surface area (Å²) < 4.78 is 0. The minimum absolute atomic E-state index is 0.0802. The largest absolute Gasteiger partial charge is 0.310 e. The molecular formula is C61H48N2S. The van der Waals surface area contributed by atoms with Crippen molar-refractivity contribution in [1.29, 1.82) is 0 Å². The van der Waals surface area contributed by atoms with Gasteiger partial charge in [0.2, 0.25) is 0 Å². The van der Waals surface area contributed by atoms with Gasteiger partial charge in [-0.05, 0) is 130 Å². The summed E-state index contributed by atoms with van der Waals surface area (Å²) in [5.41, 5.74) is 19.7. The minimum Gasteiger partial charge on any atom is -0.310 e. The molecule has 2 aliphatic rings. The van der Waals surface area contributed by atoms with Crippen molar-refractivity contribution >= 4 is 58.0 Å². The molecule has 0 bridgehead atoms. The van der Waals surface area contributed by atoms with Gasteiger partial charge in [0.05, 0.1) is 17.1 Å². The number of hydrogen-bond donors (Lipinski definition) is 0. The van der Waals surface area contributed by atoms with Gasteiger partial charge in [0.25, 0.3) is 0 Å². The molecule has 0 N–H and O–H groups in total. The van der Waals surface area contributed by atoms with Gasteiger partial charge in [0.1, 0.15) is 0 Å². The van der Waals surface area contributed by atoms with E-state index in [1.807, 2.05) is 11.8 Å². The Kier molecular flexibility index (Phi) is 10.3. The van der Waals surface area contributed by atoms with Gasteiger partial charge in [-0.25, -0.2) is 0 Å². The molecule has 64 heavy (non-hydrogen) atoms. The van der Waals surface area contributed by atoms with Crippen molar-refractivity contribution in [2.24, 2.45) is 0 Å². The van der Waals surface area contributed by atoms with Crippen LogP contribution in [0.15, 0.2) is 228 Å². The van der Waals surface area contributed by atoms with Crippen molar-refractivity contribution in [1.82, 2.24) is 0 Å². The molecule has 0 radical (unpaired) electrons. The van der Waals surface area contributed by atoms with Gasteiger partial charge >= 0.3 is 0 Å². The molecule has 0 aromatic heterocycles. The van der Waals surface area contributed by atoms with Crippen LogP contribution in [0.2, 0.25) is 0 Å². The van der Waals surface area contributed by atoms with Gasteiger partial charge in [-0.3, -0.25) is 0 Å². The minimum atomic E-state index is -0.0802. The second kappa shape index (κ2) is 16.7. The molecule has 9 aromatic carbocycles. The molecular weight excluding hydrogens is 793 g/mol. The van der Waals surface area contributed by atoms with Gasteiger partial charge in [-0.2, -0.15) is 0 Å². The Morgan fingerprint density at radius 2 is 0.938 bits per heavy atom. The summed E-state index contributed by atoms with van der Waals surface area (Å²) in [5, 5.41) is 0. The lowest BCUT2D eigenvalue weighted by molar-refractivity contribution is 0.490. The van der Waals surface area contributed by atoms with E-state index in [-0.39, 0.29) is 5.41 Å². The smallest absolute Gasteiger partial charge is 0.0601 e. The lowest BCUT2D eigenvalue weighted by Gasteiger charge is -2.34. The predicted molar refractivity (Wildman–Crippen MR) is 273 cm³/mol. The Bertz CT molecular complexity index is 3070. The fourth-order valence-electron chi connectivity index (χ4n) is 10.2. The number of benzene rings is 9. The van der Waals surface area contributed by atoms with Crippen molar-refractivity contribution in [2.45, 2.75) is 41.9 Å². The maximum atomic E-state index is 2.46. The van der Waals surface area contributed by atoms with Crippen LogP contribution in [0, 0.1) is 0 Å². The van der Waals surface area contributed by atoms with Gasteiger partial charge in [0.15, 0.2) is 0 Å². The maximum absolute atomic E-state index is 2.46. The number of anilines is 6. The Morgan fingerprint density at radius 1 is 0.422 bits per heavy atom. The molecule has 0 fully saturated rings. The van der Waals surface area contributed by atoms with E-state index in [4.69, 9.17) is 0 Å². The molecule has 9 aromatic rings. The van der Waals surface area contributed by atoms with Gasteiger partial charge in [-0.15, -0.1) is 0 Å². The van der Waals surface area contributed by atoms with Crippen LogP contribution in [0.5, 0.6) is 0 Å². The first-order valence-corrected chi connectivity index (χ1v) is 23.3. The molecule has 1 heterocycles. The maximum Gasteiger partial charge on any atom is 0.0601 e. The zero-order valence-corrected chi connectivity index (χ0v) is 37.0. The van der Waals surface area contributed by atoms with E-state index in [0.717, 1.165) is 24.2 Å². The summed E-state index contributed by atoms with van der Waals surface area (Å²) in [6.07, 6.45) is 6.60. The van der Waals surface area contributed by atoms with Gasteiger partial charge in [-0.1, -0.05) is 189 Å². The van der Waals surface area contributed by atoms with Crippen molar-refractivity contribution in [2.75, 3.05) is 9.80 Å². The van der Waals surface area contributed by atoms with Crippen LogP contribution in [0.3, 0.4) is 0 Å². The highest BCUT2D eigenvalue weighted by Gasteiger charge is 2.41. The number of rotatable bonds is 10. The third-order valence-corrected chi connectivity index (χ3v) is 14.5. The van der Waals surface area contributed by atoms with E-state index in [9.17, 15) is 0 Å². The topological polar surface area (TPSA) is 6.48 Å². The summed E-state index contributed by atoms with van der Waals surface area (Å²) in [6.45, 7) is 4.71. The van der Waals surface area contributed by atoms with E-state index >= 15 is 0 Å². The molecule has 0 amide bonds. The first-order chi connectivity index (χ1) is 31.6. The quantitative estimate of drug-likeness (QED) is 0.127. The van der Waals surface area contributed by atoms with Crippen molar-refractivity contribution in [3.8, 4) is 33.4 Å². The van der Waals surface area contributed by atoms with E-state index in [2.05, 4.69) is 254 Å². The number of fused-ring (bicyclic) bond motifs is 5. The second-order valence-corrected chi connectivity index (χ2v) is 17.8. The fourth-order valence-corrected chi connectivity index (χ4v) is 11.2. The van der Waals surface area contributed by atoms with E-state index in [1.165, 1.54) is 88.2 Å². The number of nitrogens with zero attached hydrogens (tertiary/aromatic N) is 2. The average molecular weight is 841 g/mol. The Morgan fingerprint density at radius 3 is 1.56 bits per heavy atom. The fraction of sp³-hybridized carbons (Fsp3) is 0.0820. The second-order valence-electron chi connectivity index (χ2n) is 16.7. The SMILES string of the molecule is CCC1(CC)c2cc(/C=C/c3ccc(-c4c(-c5ccccc5)cccc4N4c5ccccc5Sc5ccccc54)cc3)ccc2-c2ccc(N(c3ccccc3)c3ccccc3)cc21. The van der Waals surface area contributed by atoms with E-state index < -0.39 is 0 Å². The Labute approximate surface area is 381 Å². The van der Waals surface area contributed by atoms with Crippen molar-refractivity contribution in [3.05, 3.63) is 241 Å². The molecule has 1 aliphatic heterocycles. The van der Waals surface area contributed by atoms with Crippen LogP contribution < -0.4 is 9.80 Å². The molecule has 0 saturated heterocycles. The van der Waals surface area contributed by atoms with E-state index in [1.54, 1.807) is 0 Å². The molecule has 3 heteroatoms. The van der Waals surface area contributed by atoms with Gasteiger partial charge < -0.3 is 9.80 Å². The summed E-state index contributed by atoms with van der Waals surface area (Å²) in [7, 11) is 0. The summed E-state index contributed by atoms with van der Waals surface area (Å²) >= 11 is 1.84. The highest BCUT2D eigenvalue weighted by atomic mass is 32.2. The van der Waals surface area contributed by atoms with Crippen LogP contribution in [0.1, 0.15) is 48.9 Å². The first-order valence-electron chi connectivity index (χ1n) is 22.5. The summed E-state index contributed by atoms with van der Waals surface area (Å²) in [5.74, 6) is 0. The summed E-state index contributed by atoms with van der Waals surface area (Å²) in [6, 6.07) is 79.9. The number of para-hydroxylation sites is 4. The Hall–Kier alpha value is -7.33. The zero-order chi connectivity index (χ0) is 43.0. The lowest BCUT2D eigenvalue weighted by atomic mass is 9.73. The van der Waals surface area contributed by atoms with Crippen LogP contribution in [-0.2, 0) is 5.41 Å². The molecule has 11 rings (SSSR count). The highest BCUT2D eigenvalue weighted by molar-refractivity contribution is 7.99. The molecule has 2 nitrogen and oxygen atoms in total. The molecule has 1 aliphatic carbocycles. The highest BCUT2D eigenvalue weighted by Crippen LogP contribution is 2.56. The van der Waals surface area contributed by atoms with Crippen molar-refractivity contribution < 1.29 is 0 Å². The lowest BCUT2D eigenvalue weighted by Crippen LogP contribution is -2.23. The average Bonchev–Trinajstić information content (AvgIpc) is 3.64. The predicted octanol–water partition coefficient (Wildman–Crippen LogP) is 17.7. The standard InChI is InChI=1S/C61H48N2S/c1-3-61(4-2)53-41-44(35-39-51(53)52-40-38-49(42-54(52)61)62(47-21-10-6-11-22-47)48-23-12-7-13-24-48)32-31-43-33-36-46(37-34-43)60-50(45-19-8-5-9-20-45)25-18-28-57(60)63-55-26-14-16-29-58(55)64-59-30-17-15-27-56(59)63/h5-42H,3-4H2,1-2H3/b32-31+. The first kappa shape index (κ1) is 39.5. The Balaban J connectivity index is 0.942. The molecule has 0 spiro atoms. The van der Waals surface area contributed by atoms with E-state index in [0.29, 0.717) is 0 Å². The van der Waals surface area contributed by atoms with Crippen LogP contribution in [-0.4, -0.2) is 0 Å². The third-order valence-electron chi connectivity index (χ3n) is 13.3. The third kappa shape index (κ3) is 6.85. The molecule has 0 unspecified atom stereocenters. The number of hydrogen-bond acceptors (Lipinski definition) is 3. The van der Waals surface area contributed by atoms with Crippen LogP contribution >= 0.6 is 11.8 Å². The molecule has 0 atom stereocenters. The normalized spacial score (nSPS) is 13.2. The van der Waals surface area contributed by atoms with Crippen LogP contribution in [0.25, 0.3) is 45.5 Å². The van der Waals surface area contributed by atoms with Gasteiger partial charge in [0, 0.05) is 37.8 Å². The monoisotopic (exact) mass is 840 g/mol. The van der Waals surface area contributed by atoms with Crippen molar-refractivity contribution in [3.63, 3.8) is 0 Å².